The van der Waals surface area contributed by atoms with Crippen molar-refractivity contribution in [2.24, 2.45) is 0 Å². The number of amides is 8. The molecule has 102 heavy (non-hydrogen) atoms. The molecule has 37 nitrogen and oxygen atoms in total. The highest BCUT2D eigenvalue weighted by atomic mass is 28.4. The van der Waals surface area contributed by atoms with Gasteiger partial charge in [-0.05, 0) is 78.8 Å². The van der Waals surface area contributed by atoms with Crippen molar-refractivity contribution >= 4 is 109 Å². The Morgan fingerprint density at radius 1 is 0.412 bits per heavy atom. The van der Waals surface area contributed by atoms with E-state index < -0.39 is 215 Å². The first-order chi connectivity index (χ1) is 47.5. The molecule has 1 heterocycles. The Morgan fingerprint density at radius 2 is 0.794 bits per heavy atom. The summed E-state index contributed by atoms with van der Waals surface area (Å²) in [7, 11) is -3.77. The van der Waals surface area contributed by atoms with Crippen molar-refractivity contribution in [3.05, 3.63) is 29.8 Å². The van der Waals surface area contributed by atoms with E-state index in [-0.39, 0.29) is 116 Å². The number of hydrogen-bond acceptors (Lipinski definition) is 20. The number of carbonyl (C=O) groups excluding carboxylic acids is 7. The van der Waals surface area contributed by atoms with Crippen LogP contribution in [0.2, 0.25) is 10.1 Å². The number of urea groups is 1. The third kappa shape index (κ3) is 32.9. The lowest BCUT2D eigenvalue weighted by molar-refractivity contribution is -0.145. The predicted octanol–water partition coefficient (Wildman–Crippen LogP) is -1.72. The molecule has 1 fully saturated rings. The van der Waals surface area contributed by atoms with Crippen LogP contribution in [0.25, 0.3) is 0 Å². The summed E-state index contributed by atoms with van der Waals surface area (Å²) >= 11 is 0. The zero-order valence-corrected chi connectivity index (χ0v) is 59.1. The number of nitrogens with one attached hydrogen (secondary N) is 8. The van der Waals surface area contributed by atoms with E-state index in [0.717, 1.165) is 0 Å². The molecule has 0 unspecified atom stereocenters. The summed E-state index contributed by atoms with van der Waals surface area (Å²) in [6, 6.07) is -5.18. The second-order valence-corrected chi connectivity index (χ2v) is 31.5. The van der Waals surface area contributed by atoms with Gasteiger partial charge in [0.2, 0.25) is 29.5 Å². The molecule has 1 aliphatic heterocycles. The van der Waals surface area contributed by atoms with Crippen LogP contribution >= 0.6 is 0 Å². The molecule has 0 radical (unpaired) electrons. The van der Waals surface area contributed by atoms with E-state index in [1.807, 2.05) is 10.6 Å². The topological polar surface area (TPSA) is 564 Å². The average molecular weight is 1470 g/mol. The molecule has 1 saturated heterocycles. The van der Waals surface area contributed by atoms with Gasteiger partial charge >= 0.3 is 59.8 Å². The van der Waals surface area contributed by atoms with E-state index in [1.165, 1.54) is 43.9 Å². The minimum Gasteiger partial charge on any atom is -0.481 e. The molecule has 1 aromatic rings. The molecule has 6 atom stereocenters. The second-order valence-electron chi connectivity index (χ2n) is 26.6. The summed E-state index contributed by atoms with van der Waals surface area (Å²) in [5, 5.41) is 104. The van der Waals surface area contributed by atoms with Crippen LogP contribution < -0.4 is 47.7 Å². The highest BCUT2D eigenvalue weighted by Gasteiger charge is 2.56. The first-order valence-corrected chi connectivity index (χ1v) is 34.9. The summed E-state index contributed by atoms with van der Waals surface area (Å²) in [5.41, 5.74) is 0.0380. The van der Waals surface area contributed by atoms with Crippen LogP contribution in [0.3, 0.4) is 0 Å². The van der Waals surface area contributed by atoms with Crippen LogP contribution in [0.4, 0.5) is 8.90 Å². The van der Waals surface area contributed by atoms with Crippen molar-refractivity contribution in [3.8, 4) is 0 Å². The molecule has 0 spiro atoms. The lowest BCUT2D eigenvalue weighted by atomic mass is 10.1. The molecule has 0 aliphatic carbocycles. The van der Waals surface area contributed by atoms with Crippen molar-refractivity contribution in [1.29, 1.82) is 0 Å². The van der Waals surface area contributed by atoms with E-state index >= 15 is 4.11 Å². The Kier molecular flexibility index (Phi) is 37.7. The van der Waals surface area contributed by atoms with Crippen LogP contribution in [-0.4, -0.2) is 297 Å². The SMILES string of the molecule is CC(C)(C)[Si](F)(c1ccc(C(=O)NC[C@H](NC(=O)CC[C@H](C(=O)O)N2CCN(CC(=O)O)CCN(CC(=O)O)CCN(CC(=O)O)CC2)C(=O)N[C@H](CCCCNC(=O)CCC(=O)NCCC[C@@H](NC(=O)CC[C@H](NC(=O)N[C@@H](CCC(=O)O)C(=O)O)C(=O)O)C(=O)O)C(=O)O)cc1)C(C)(C)C. The van der Waals surface area contributed by atoms with Gasteiger partial charge in [-0.3, -0.25) is 72.3 Å². The molecule has 1 aromatic carbocycles. The van der Waals surface area contributed by atoms with E-state index in [2.05, 4.69) is 31.9 Å². The van der Waals surface area contributed by atoms with Crippen molar-refractivity contribution in [2.45, 2.75) is 171 Å². The fraction of sp³-hybridized carbons (Fsp3) is 0.651. The van der Waals surface area contributed by atoms with Crippen molar-refractivity contribution in [3.63, 3.8) is 0 Å². The van der Waals surface area contributed by atoms with Gasteiger partial charge in [-0.2, -0.15) is 0 Å². The Bertz CT molecular complexity index is 3050. The summed E-state index contributed by atoms with van der Waals surface area (Å²) in [6.07, 6.45) is -4.25. The van der Waals surface area contributed by atoms with Crippen LogP contribution in [0.5, 0.6) is 0 Å². The number of carboxylic acid groups (broad SMARTS) is 9. The fourth-order valence-corrected chi connectivity index (χ4v) is 16.0. The number of rotatable bonds is 43. The smallest absolute Gasteiger partial charge is 0.326 e. The van der Waals surface area contributed by atoms with E-state index in [4.69, 9.17) is 5.11 Å². The van der Waals surface area contributed by atoms with Gasteiger partial charge in [-0.25, -0.2) is 24.0 Å². The highest BCUT2D eigenvalue weighted by Crippen LogP contribution is 2.51. The number of aliphatic carboxylic acids is 9. The predicted molar refractivity (Wildman–Crippen MR) is 359 cm³/mol. The minimum atomic E-state index is -3.77. The zero-order valence-electron chi connectivity index (χ0n) is 58.1. The summed E-state index contributed by atoms with van der Waals surface area (Å²) in [5.74, 6) is -17.5. The largest absolute Gasteiger partial charge is 0.481 e. The Labute approximate surface area is 588 Å². The molecule has 1 aliphatic rings. The second kappa shape index (κ2) is 43.4. The van der Waals surface area contributed by atoms with Crippen LogP contribution in [0.15, 0.2) is 24.3 Å². The van der Waals surface area contributed by atoms with Crippen molar-refractivity contribution in [2.75, 3.05) is 91.6 Å². The van der Waals surface area contributed by atoms with Crippen molar-refractivity contribution < 1.29 is 127 Å². The van der Waals surface area contributed by atoms with Crippen LogP contribution in [0.1, 0.15) is 135 Å². The zero-order chi connectivity index (χ0) is 77.2. The molecule has 17 N–H and O–H groups in total. The van der Waals surface area contributed by atoms with E-state index in [1.54, 1.807) is 41.5 Å². The van der Waals surface area contributed by atoms with Gasteiger partial charge in [0.05, 0.1) is 19.6 Å². The van der Waals surface area contributed by atoms with Gasteiger partial charge in [-0.1, -0.05) is 53.7 Å². The Balaban J connectivity index is 2.15. The standard InChI is InChI=1S/C63H99FN12O25Si/c1-62(2,3)102(64,63(4,5)6)39-14-12-38(13-15-39)54(89)67-34-44(69-49(80)20-18-45(60(99)100)76-32-30-74(36-52(85)86)28-26-73(35-51(83)84)27-29-75(31-33-76)37-53(87)88)55(90)70-41(57(93)94)10-7-8-24-65-46(77)21-22-47(78)66-25-9-11-40(56(91)92)68-48(79)19-16-42(58(95)96)71-61(101)72-43(59(97)98)17-23-50(81)82/h12-15,40-45H,7-11,16-37H2,1-6H3,(H,65,77)(H,66,78)(H,67,89)(H,68,79)(H,69,80)(H,70,90)(H,81,82)(H,83,84)(H,85,86)(H,87,88)(H,91,92)(H,93,94)(H,95,96)(H,97,98)(H,99,100)(H2,71,72,101)/t40-,41-,42+,43+,44+,45-/m1/s1. The highest BCUT2D eigenvalue weighted by molar-refractivity contribution is 6.90. The Hall–Kier alpha value is -9.47. The number of benzene rings is 1. The molecule has 8 amide bonds. The lowest BCUT2D eigenvalue weighted by Gasteiger charge is -2.44. The number of halogens is 1. The van der Waals surface area contributed by atoms with Gasteiger partial charge in [0.25, 0.3) is 14.3 Å². The molecule has 0 aromatic heterocycles. The van der Waals surface area contributed by atoms with Crippen LogP contribution in [0, 0.1) is 0 Å². The average Bonchev–Trinajstić information content (AvgIpc) is 0.748. The molecule has 0 saturated carbocycles. The van der Waals surface area contributed by atoms with Gasteiger partial charge in [0, 0.05) is 110 Å². The first kappa shape index (κ1) is 88.6. The van der Waals surface area contributed by atoms with Crippen LogP contribution in [-0.2, 0) is 67.1 Å². The molecule has 39 heteroatoms. The quantitative estimate of drug-likeness (QED) is 0.0197. The molecule has 572 valence electrons. The van der Waals surface area contributed by atoms with Gasteiger partial charge < -0.3 is 92.6 Å². The molecular formula is C63H99FN12O25Si. The van der Waals surface area contributed by atoms with Gasteiger partial charge in [0.15, 0.2) is 0 Å². The van der Waals surface area contributed by atoms with Gasteiger partial charge in [0.1, 0.15) is 36.3 Å². The number of hydrogen-bond donors (Lipinski definition) is 17. The maximum Gasteiger partial charge on any atom is 0.326 e. The number of carboxylic acids is 9. The monoisotopic (exact) mass is 1470 g/mol. The van der Waals surface area contributed by atoms with E-state index in [0.29, 0.717) is 5.19 Å². The molecular weight excluding hydrogens is 1370 g/mol. The normalized spacial score (nSPS) is 15.6. The number of nitrogens with zero attached hydrogens (tertiary/aromatic N) is 4. The van der Waals surface area contributed by atoms with Gasteiger partial charge in [-0.15, -0.1) is 0 Å². The molecule has 0 bridgehead atoms. The van der Waals surface area contributed by atoms with E-state index in [9.17, 15) is 118 Å². The first-order valence-electron chi connectivity index (χ1n) is 33.0. The fourth-order valence-electron chi connectivity index (χ4n) is 11.4. The lowest BCUT2D eigenvalue weighted by Crippen LogP contribution is -2.58. The Morgan fingerprint density at radius 3 is 1.21 bits per heavy atom. The maximum atomic E-state index is 17.1. The number of unbranched alkanes of at least 4 members (excludes halogenated alkanes) is 1. The third-order valence-corrected chi connectivity index (χ3v) is 21.9. The summed E-state index contributed by atoms with van der Waals surface area (Å²) in [4.78, 5) is 205. The summed E-state index contributed by atoms with van der Waals surface area (Å²) < 4.78 is 17.1. The third-order valence-electron chi connectivity index (χ3n) is 16.6. The minimum absolute atomic E-state index is 0.00207. The van der Waals surface area contributed by atoms with Crippen molar-refractivity contribution in [1.82, 2.24) is 62.1 Å². The summed E-state index contributed by atoms with van der Waals surface area (Å²) in [6.45, 7) is 8.44. The molecule has 2 rings (SSSR count). The maximum absolute atomic E-state index is 17.1. The number of carbonyl (C=O) groups is 16.